The van der Waals surface area contributed by atoms with Crippen LogP contribution in [0.4, 0.5) is 20.2 Å². The molecule has 0 bridgehead atoms. The number of hydrogen-bond acceptors (Lipinski definition) is 2. The van der Waals surface area contributed by atoms with Crippen molar-refractivity contribution >= 4 is 22.3 Å². The number of hydrogen-bond donors (Lipinski definition) is 2. The summed E-state index contributed by atoms with van der Waals surface area (Å²) >= 11 is 0. The smallest absolute Gasteiger partial charge is 0.160 e. The maximum absolute atomic E-state index is 13.3. The SMILES string of the molecule is C.Cn1c2c(c3ccc(Nc4ccc(F)c(F)c4)cc31)CNCC2. The molecule has 126 valence electrons. The zero-order chi connectivity index (χ0) is 16.0. The molecule has 4 rings (SSSR count). The lowest BCUT2D eigenvalue weighted by Gasteiger charge is -2.14. The highest BCUT2D eigenvalue weighted by atomic mass is 19.2. The molecule has 0 saturated carbocycles. The fourth-order valence-electron chi connectivity index (χ4n) is 3.32. The molecule has 5 heteroatoms. The van der Waals surface area contributed by atoms with Gasteiger partial charge in [-0.15, -0.1) is 0 Å². The maximum Gasteiger partial charge on any atom is 0.160 e. The molecule has 0 saturated heterocycles. The second-order valence-corrected chi connectivity index (χ2v) is 5.90. The summed E-state index contributed by atoms with van der Waals surface area (Å²) in [6.07, 6.45) is 1.02. The van der Waals surface area contributed by atoms with Crippen LogP contribution in [0.25, 0.3) is 10.9 Å². The first-order chi connectivity index (χ1) is 11.1. The van der Waals surface area contributed by atoms with Gasteiger partial charge in [-0.25, -0.2) is 8.78 Å². The third kappa shape index (κ3) is 2.65. The van der Waals surface area contributed by atoms with E-state index in [0.717, 1.165) is 36.8 Å². The molecular formula is C19H21F2N3. The van der Waals surface area contributed by atoms with Crippen LogP contribution in [0.2, 0.25) is 0 Å². The number of benzene rings is 2. The molecule has 2 aromatic carbocycles. The normalized spacial score (nSPS) is 13.5. The lowest BCUT2D eigenvalue weighted by molar-refractivity contribution is 0.509. The van der Waals surface area contributed by atoms with Crippen molar-refractivity contribution in [1.82, 2.24) is 9.88 Å². The predicted octanol–water partition coefficient (Wildman–Crippen LogP) is 4.48. The summed E-state index contributed by atoms with van der Waals surface area (Å²) in [4.78, 5) is 0. The first kappa shape index (κ1) is 16.5. The Balaban J connectivity index is 0.00000169. The van der Waals surface area contributed by atoms with Gasteiger partial charge in [-0.3, -0.25) is 0 Å². The van der Waals surface area contributed by atoms with Gasteiger partial charge >= 0.3 is 0 Å². The van der Waals surface area contributed by atoms with Crippen LogP contribution in [-0.4, -0.2) is 11.1 Å². The predicted molar refractivity (Wildman–Crippen MR) is 94.7 cm³/mol. The quantitative estimate of drug-likeness (QED) is 0.726. The minimum atomic E-state index is -0.850. The molecule has 0 spiro atoms. The summed E-state index contributed by atoms with van der Waals surface area (Å²) in [6, 6.07) is 9.93. The Bertz CT molecular complexity index is 899. The molecule has 1 aromatic heterocycles. The average molecular weight is 329 g/mol. The van der Waals surface area contributed by atoms with E-state index in [2.05, 4.69) is 34.4 Å². The molecule has 0 amide bonds. The summed E-state index contributed by atoms with van der Waals surface area (Å²) in [5.74, 6) is -1.69. The van der Waals surface area contributed by atoms with E-state index in [-0.39, 0.29) is 7.43 Å². The number of halogens is 2. The highest BCUT2D eigenvalue weighted by Gasteiger charge is 2.18. The Morgan fingerprint density at radius 2 is 1.79 bits per heavy atom. The van der Waals surface area contributed by atoms with Crippen LogP contribution in [0, 0.1) is 11.6 Å². The van der Waals surface area contributed by atoms with Gasteiger partial charge in [-0.1, -0.05) is 13.5 Å². The molecule has 0 aliphatic carbocycles. The number of rotatable bonds is 2. The number of nitrogens with one attached hydrogen (secondary N) is 2. The van der Waals surface area contributed by atoms with E-state index in [4.69, 9.17) is 0 Å². The number of fused-ring (bicyclic) bond motifs is 3. The maximum atomic E-state index is 13.3. The summed E-state index contributed by atoms with van der Waals surface area (Å²) in [5.41, 5.74) is 5.25. The van der Waals surface area contributed by atoms with Crippen LogP contribution in [0.5, 0.6) is 0 Å². The molecule has 3 nitrogen and oxygen atoms in total. The van der Waals surface area contributed by atoms with E-state index in [0.29, 0.717) is 5.69 Å². The third-order valence-electron chi connectivity index (χ3n) is 4.49. The second-order valence-electron chi connectivity index (χ2n) is 5.90. The zero-order valence-corrected chi connectivity index (χ0v) is 12.8. The summed E-state index contributed by atoms with van der Waals surface area (Å²) in [5, 5.41) is 7.78. The highest BCUT2D eigenvalue weighted by molar-refractivity contribution is 5.89. The van der Waals surface area contributed by atoms with Crippen LogP contribution in [-0.2, 0) is 20.0 Å². The van der Waals surface area contributed by atoms with Crippen molar-refractivity contribution in [2.45, 2.75) is 20.4 Å². The van der Waals surface area contributed by atoms with Crippen molar-refractivity contribution in [3.05, 3.63) is 59.3 Å². The largest absolute Gasteiger partial charge is 0.355 e. The highest BCUT2D eigenvalue weighted by Crippen LogP contribution is 2.30. The third-order valence-corrected chi connectivity index (χ3v) is 4.49. The average Bonchev–Trinajstić information content (AvgIpc) is 2.84. The van der Waals surface area contributed by atoms with E-state index >= 15 is 0 Å². The van der Waals surface area contributed by atoms with Crippen molar-refractivity contribution in [1.29, 1.82) is 0 Å². The molecule has 24 heavy (non-hydrogen) atoms. The molecule has 3 aromatic rings. The molecule has 0 radical (unpaired) electrons. The van der Waals surface area contributed by atoms with Crippen LogP contribution in [0.15, 0.2) is 36.4 Å². The van der Waals surface area contributed by atoms with Gasteiger partial charge in [0, 0.05) is 55.1 Å². The Labute approximate surface area is 140 Å². The first-order valence-electron chi connectivity index (χ1n) is 7.66. The van der Waals surface area contributed by atoms with Gasteiger partial charge in [-0.05, 0) is 29.8 Å². The van der Waals surface area contributed by atoms with Gasteiger partial charge < -0.3 is 15.2 Å². The fraction of sp³-hybridized carbons (Fsp3) is 0.263. The van der Waals surface area contributed by atoms with Crippen LogP contribution in [0.3, 0.4) is 0 Å². The van der Waals surface area contributed by atoms with Crippen molar-refractivity contribution in [3.8, 4) is 0 Å². The minimum Gasteiger partial charge on any atom is -0.355 e. The van der Waals surface area contributed by atoms with Crippen LogP contribution >= 0.6 is 0 Å². The number of aromatic nitrogens is 1. The summed E-state index contributed by atoms with van der Waals surface area (Å²) < 4.78 is 28.6. The Kier molecular flexibility index (Phi) is 4.28. The van der Waals surface area contributed by atoms with E-state index in [9.17, 15) is 8.78 Å². The van der Waals surface area contributed by atoms with E-state index < -0.39 is 11.6 Å². The lowest BCUT2D eigenvalue weighted by atomic mass is 10.1. The zero-order valence-electron chi connectivity index (χ0n) is 12.8. The first-order valence-corrected chi connectivity index (χ1v) is 7.66. The Morgan fingerprint density at radius 3 is 2.58 bits per heavy atom. The van der Waals surface area contributed by atoms with Crippen molar-refractivity contribution < 1.29 is 8.78 Å². The minimum absolute atomic E-state index is 0. The topological polar surface area (TPSA) is 29.0 Å². The van der Waals surface area contributed by atoms with Crippen LogP contribution in [0.1, 0.15) is 18.7 Å². The lowest BCUT2D eigenvalue weighted by Crippen LogP contribution is -2.24. The van der Waals surface area contributed by atoms with E-state index in [1.165, 1.54) is 28.8 Å². The Morgan fingerprint density at radius 1 is 1.04 bits per heavy atom. The van der Waals surface area contributed by atoms with Crippen molar-refractivity contribution in [2.75, 3.05) is 11.9 Å². The number of anilines is 2. The fourth-order valence-corrected chi connectivity index (χ4v) is 3.32. The van der Waals surface area contributed by atoms with Crippen LogP contribution < -0.4 is 10.6 Å². The molecule has 1 aliphatic heterocycles. The summed E-state index contributed by atoms with van der Waals surface area (Å²) in [6.45, 7) is 1.89. The monoisotopic (exact) mass is 329 g/mol. The van der Waals surface area contributed by atoms with Gasteiger partial charge in [-0.2, -0.15) is 0 Å². The van der Waals surface area contributed by atoms with Gasteiger partial charge in [0.25, 0.3) is 0 Å². The summed E-state index contributed by atoms with van der Waals surface area (Å²) in [7, 11) is 2.08. The Hall–Kier alpha value is -2.40. The van der Waals surface area contributed by atoms with Gasteiger partial charge in [0.05, 0.1) is 5.52 Å². The van der Waals surface area contributed by atoms with Crippen molar-refractivity contribution in [2.24, 2.45) is 7.05 Å². The molecule has 2 heterocycles. The standard InChI is InChI=1S/C18H17F2N3.CH4/c1-23-17-6-7-21-10-14(17)13-4-2-12(9-18(13)23)22-11-3-5-15(19)16(20)8-11;/h2-5,8-9,21-22H,6-7,10H2,1H3;1H4. The molecule has 0 fully saturated rings. The molecule has 0 atom stereocenters. The van der Waals surface area contributed by atoms with E-state index in [1.54, 1.807) is 0 Å². The number of aryl methyl sites for hydroxylation is 1. The second kappa shape index (κ2) is 6.24. The van der Waals surface area contributed by atoms with Gasteiger partial charge in [0.2, 0.25) is 0 Å². The van der Waals surface area contributed by atoms with Gasteiger partial charge in [0.1, 0.15) is 0 Å². The number of nitrogens with zero attached hydrogens (tertiary/aromatic N) is 1. The molecule has 1 aliphatic rings. The molecule has 2 N–H and O–H groups in total. The van der Waals surface area contributed by atoms with Gasteiger partial charge in [0.15, 0.2) is 11.6 Å². The van der Waals surface area contributed by atoms with Crippen molar-refractivity contribution in [3.63, 3.8) is 0 Å². The molecular weight excluding hydrogens is 308 g/mol. The van der Waals surface area contributed by atoms with E-state index in [1.807, 2.05) is 6.07 Å². The molecule has 0 unspecified atom stereocenters.